The van der Waals surface area contributed by atoms with Gasteiger partial charge in [0.1, 0.15) is 0 Å². The van der Waals surface area contributed by atoms with Crippen molar-refractivity contribution in [2.45, 2.75) is 5.75 Å². The minimum atomic E-state index is -3.43. The number of anilines is 1. The van der Waals surface area contributed by atoms with E-state index in [0.29, 0.717) is 21.3 Å². The molecule has 0 saturated heterocycles. The Morgan fingerprint density at radius 1 is 1.05 bits per heavy atom. The molecule has 0 aliphatic carbocycles. The summed E-state index contributed by atoms with van der Waals surface area (Å²) in [5.41, 5.74) is 7.37. The molecule has 2 N–H and O–H groups in total. The van der Waals surface area contributed by atoms with Gasteiger partial charge in [-0.2, -0.15) is 0 Å². The molecule has 0 fully saturated rings. The number of rotatable bonds is 4. The average Bonchev–Trinajstić information content (AvgIpc) is 2.40. The van der Waals surface area contributed by atoms with Crippen molar-refractivity contribution in [1.82, 2.24) is 0 Å². The summed E-state index contributed by atoms with van der Waals surface area (Å²) in [7, 11) is -3.43. The number of halogens is 2. The zero-order chi connectivity index (χ0) is 15.5. The molecule has 0 saturated carbocycles. The van der Waals surface area contributed by atoms with Crippen LogP contribution in [0.5, 0.6) is 0 Å². The third kappa shape index (κ3) is 4.77. The highest BCUT2D eigenvalue weighted by Gasteiger charge is 2.10. The fourth-order valence-electron chi connectivity index (χ4n) is 1.75. The van der Waals surface area contributed by atoms with E-state index < -0.39 is 9.84 Å². The molecular weight excluding hydrogens is 329 g/mol. The Hall–Kier alpha value is -1.49. The van der Waals surface area contributed by atoms with Gasteiger partial charge in [-0.05, 0) is 41.5 Å². The third-order valence-corrected chi connectivity index (χ3v) is 4.52. The van der Waals surface area contributed by atoms with Gasteiger partial charge in [0.2, 0.25) is 0 Å². The van der Waals surface area contributed by atoms with Crippen molar-refractivity contribution in [3.8, 4) is 0 Å². The Morgan fingerprint density at radius 3 is 2.43 bits per heavy atom. The lowest BCUT2D eigenvalue weighted by Gasteiger charge is -2.05. The van der Waals surface area contributed by atoms with Crippen molar-refractivity contribution >= 4 is 44.8 Å². The molecule has 110 valence electrons. The average molecular weight is 342 g/mol. The molecular formula is C15H13Cl2NO2S. The summed E-state index contributed by atoms with van der Waals surface area (Å²) < 4.78 is 24.2. The molecule has 0 heterocycles. The summed E-state index contributed by atoms with van der Waals surface area (Å²) in [5.74, 6) is -0.174. The van der Waals surface area contributed by atoms with E-state index in [2.05, 4.69) is 0 Å². The molecule has 2 aromatic carbocycles. The second-order valence-electron chi connectivity index (χ2n) is 4.51. The second kappa shape index (κ2) is 6.52. The van der Waals surface area contributed by atoms with Crippen LogP contribution in [0.4, 0.5) is 5.69 Å². The fraction of sp³-hybridized carbons (Fsp3) is 0.0667. The summed E-state index contributed by atoms with van der Waals surface area (Å²) >= 11 is 11.6. The van der Waals surface area contributed by atoms with Crippen molar-refractivity contribution in [2.75, 3.05) is 5.73 Å². The Balaban J connectivity index is 2.19. The highest BCUT2D eigenvalue weighted by molar-refractivity contribution is 7.93. The van der Waals surface area contributed by atoms with E-state index in [1.54, 1.807) is 36.4 Å². The molecule has 0 unspecified atom stereocenters. The lowest BCUT2D eigenvalue weighted by molar-refractivity contribution is 0.604. The number of nitrogens with two attached hydrogens (primary N) is 1. The molecule has 6 heteroatoms. The van der Waals surface area contributed by atoms with Gasteiger partial charge in [-0.1, -0.05) is 41.4 Å². The normalized spacial score (nSPS) is 11.9. The van der Waals surface area contributed by atoms with E-state index in [-0.39, 0.29) is 5.75 Å². The van der Waals surface area contributed by atoms with Gasteiger partial charge in [0.25, 0.3) is 0 Å². The van der Waals surface area contributed by atoms with Gasteiger partial charge < -0.3 is 5.73 Å². The minimum Gasteiger partial charge on any atom is -0.398 e. The summed E-state index contributed by atoms with van der Waals surface area (Å²) in [6, 6.07) is 11.7. The fourth-order valence-corrected chi connectivity index (χ4v) is 3.29. The summed E-state index contributed by atoms with van der Waals surface area (Å²) in [6.07, 6.45) is 1.51. The largest absolute Gasteiger partial charge is 0.398 e. The molecule has 0 aromatic heterocycles. The molecule has 21 heavy (non-hydrogen) atoms. The van der Waals surface area contributed by atoms with Gasteiger partial charge in [0, 0.05) is 21.1 Å². The number of sulfone groups is 1. The van der Waals surface area contributed by atoms with Crippen molar-refractivity contribution in [1.29, 1.82) is 0 Å². The first-order chi connectivity index (χ1) is 9.85. The first kappa shape index (κ1) is 15.9. The number of nitrogen functional groups attached to an aromatic ring is 1. The van der Waals surface area contributed by atoms with Crippen molar-refractivity contribution < 1.29 is 8.42 Å². The second-order valence-corrected chi connectivity index (χ2v) is 7.27. The molecule has 0 bridgehead atoms. The summed E-state index contributed by atoms with van der Waals surface area (Å²) in [5, 5.41) is 2.19. The monoisotopic (exact) mass is 341 g/mol. The molecule has 0 amide bonds. The SMILES string of the molecule is Nc1cc(Cl)ccc1CS(=O)(=O)C=Cc1cccc(Cl)c1. The van der Waals surface area contributed by atoms with Gasteiger partial charge >= 0.3 is 0 Å². The van der Waals surface area contributed by atoms with Crippen LogP contribution in [0.25, 0.3) is 6.08 Å². The van der Waals surface area contributed by atoms with Gasteiger partial charge in [0.15, 0.2) is 9.84 Å². The van der Waals surface area contributed by atoms with Crippen molar-refractivity contribution in [3.63, 3.8) is 0 Å². The molecule has 2 rings (SSSR count). The lowest BCUT2D eigenvalue weighted by atomic mass is 10.2. The molecule has 0 aliphatic rings. The van der Waals surface area contributed by atoms with E-state index in [1.807, 2.05) is 0 Å². The van der Waals surface area contributed by atoms with E-state index in [0.717, 1.165) is 11.0 Å². The highest BCUT2D eigenvalue weighted by Crippen LogP contribution is 2.21. The zero-order valence-corrected chi connectivity index (χ0v) is 13.3. The predicted molar refractivity (Wildman–Crippen MR) is 89.0 cm³/mol. The van der Waals surface area contributed by atoms with E-state index in [4.69, 9.17) is 28.9 Å². The van der Waals surface area contributed by atoms with Crippen LogP contribution in [0.2, 0.25) is 10.0 Å². The van der Waals surface area contributed by atoms with Crippen LogP contribution in [0.1, 0.15) is 11.1 Å². The van der Waals surface area contributed by atoms with Crippen LogP contribution in [0, 0.1) is 0 Å². The van der Waals surface area contributed by atoms with Crippen LogP contribution in [0.15, 0.2) is 47.9 Å². The van der Waals surface area contributed by atoms with Crippen LogP contribution >= 0.6 is 23.2 Å². The maximum atomic E-state index is 12.1. The van der Waals surface area contributed by atoms with Crippen LogP contribution < -0.4 is 5.73 Å². The number of hydrogen-bond donors (Lipinski definition) is 1. The van der Waals surface area contributed by atoms with Gasteiger partial charge in [-0.15, -0.1) is 0 Å². The molecule has 3 nitrogen and oxygen atoms in total. The molecule has 2 aromatic rings. The van der Waals surface area contributed by atoms with E-state index >= 15 is 0 Å². The lowest BCUT2D eigenvalue weighted by Crippen LogP contribution is -2.03. The number of benzene rings is 2. The van der Waals surface area contributed by atoms with Gasteiger partial charge in [-0.3, -0.25) is 0 Å². The van der Waals surface area contributed by atoms with E-state index in [1.165, 1.54) is 12.1 Å². The Labute approximate surface area is 133 Å². The smallest absolute Gasteiger partial charge is 0.175 e. The van der Waals surface area contributed by atoms with Crippen molar-refractivity contribution in [2.24, 2.45) is 0 Å². The third-order valence-electron chi connectivity index (χ3n) is 2.78. The van der Waals surface area contributed by atoms with Crippen LogP contribution in [0.3, 0.4) is 0 Å². The van der Waals surface area contributed by atoms with Crippen LogP contribution in [-0.4, -0.2) is 8.42 Å². The Morgan fingerprint density at radius 2 is 1.76 bits per heavy atom. The molecule has 0 radical (unpaired) electrons. The molecule has 0 atom stereocenters. The number of hydrogen-bond acceptors (Lipinski definition) is 3. The van der Waals surface area contributed by atoms with Crippen molar-refractivity contribution in [3.05, 3.63) is 69.0 Å². The maximum absolute atomic E-state index is 12.1. The Bertz CT molecular complexity index is 786. The minimum absolute atomic E-state index is 0.174. The topological polar surface area (TPSA) is 60.2 Å². The summed E-state index contributed by atoms with van der Waals surface area (Å²) in [4.78, 5) is 0. The first-order valence-corrected chi connectivity index (χ1v) is 8.53. The van der Waals surface area contributed by atoms with Gasteiger partial charge in [-0.25, -0.2) is 8.42 Å². The summed E-state index contributed by atoms with van der Waals surface area (Å²) in [6.45, 7) is 0. The first-order valence-electron chi connectivity index (χ1n) is 6.06. The van der Waals surface area contributed by atoms with E-state index in [9.17, 15) is 8.42 Å². The quantitative estimate of drug-likeness (QED) is 0.849. The highest BCUT2D eigenvalue weighted by atomic mass is 35.5. The zero-order valence-electron chi connectivity index (χ0n) is 11.0. The predicted octanol–water partition coefficient (Wildman–Crippen LogP) is 4.16. The molecule has 0 spiro atoms. The Kier molecular flexibility index (Phi) is 4.93. The van der Waals surface area contributed by atoms with Gasteiger partial charge in [0.05, 0.1) is 5.75 Å². The molecule has 0 aliphatic heterocycles. The van der Waals surface area contributed by atoms with Crippen LogP contribution in [-0.2, 0) is 15.6 Å². The maximum Gasteiger partial charge on any atom is 0.175 e. The standard InChI is InChI=1S/C15H13Cl2NO2S/c16-13-3-1-2-11(8-13)6-7-21(19,20)10-12-4-5-14(17)9-15(12)18/h1-9H,10,18H2.